The summed E-state index contributed by atoms with van der Waals surface area (Å²) in [6.07, 6.45) is -5.63. The van der Waals surface area contributed by atoms with Gasteiger partial charge in [0.15, 0.2) is 12.2 Å². The lowest BCUT2D eigenvalue weighted by molar-refractivity contribution is -0.249. The highest BCUT2D eigenvalue weighted by Crippen LogP contribution is 2.43. The van der Waals surface area contributed by atoms with Gasteiger partial charge in [0.1, 0.15) is 5.76 Å². The van der Waals surface area contributed by atoms with E-state index in [0.29, 0.717) is 19.0 Å². The number of ether oxygens (including phenoxy) is 2. The lowest BCUT2D eigenvalue weighted by atomic mass is 9.81. The monoisotopic (exact) mass is 682 g/mol. The van der Waals surface area contributed by atoms with E-state index in [9.17, 15) is 31.1 Å². The number of alkyl halides is 6. The smallest absolute Gasteiger partial charge is 0.422 e. The number of hydrogen-bond acceptors (Lipinski definition) is 6. The van der Waals surface area contributed by atoms with Gasteiger partial charge in [-0.15, -0.1) is 0 Å². The summed E-state index contributed by atoms with van der Waals surface area (Å²) in [7, 11) is 4.81. The van der Waals surface area contributed by atoms with E-state index in [1.807, 2.05) is 36.2 Å². The zero-order chi connectivity index (χ0) is 35.2. The highest BCUT2D eigenvalue weighted by atomic mass is 19.4. The number of carbonyl (C=O) groups is 1. The van der Waals surface area contributed by atoms with Gasteiger partial charge in [0.25, 0.3) is 5.91 Å². The Balaban J connectivity index is 0.000000307. The fourth-order valence-electron chi connectivity index (χ4n) is 6.67. The van der Waals surface area contributed by atoms with Gasteiger partial charge in [-0.2, -0.15) is 26.3 Å². The van der Waals surface area contributed by atoms with Crippen molar-refractivity contribution in [3.8, 4) is 0 Å². The Morgan fingerprint density at radius 3 is 1.96 bits per heavy atom. The van der Waals surface area contributed by atoms with Crippen LogP contribution in [0.25, 0.3) is 0 Å². The van der Waals surface area contributed by atoms with E-state index in [2.05, 4.69) is 46.3 Å². The first-order chi connectivity index (χ1) is 22.5. The molecule has 2 saturated heterocycles. The molecule has 264 valence electrons. The predicted octanol–water partition coefficient (Wildman–Crippen LogP) is 6.03. The molecular weight excluding hydrogens is 638 g/mol. The molecule has 2 aromatic carbocycles. The first kappa shape index (κ1) is 37.4. The van der Waals surface area contributed by atoms with Crippen molar-refractivity contribution in [3.63, 3.8) is 0 Å². The third kappa shape index (κ3) is 8.99. The molecule has 0 saturated carbocycles. The van der Waals surface area contributed by atoms with Crippen LogP contribution in [-0.2, 0) is 25.3 Å². The summed E-state index contributed by atoms with van der Waals surface area (Å²) >= 11 is 0. The van der Waals surface area contributed by atoms with Crippen molar-refractivity contribution in [2.75, 3.05) is 54.0 Å². The lowest BCUT2D eigenvalue weighted by Gasteiger charge is -2.43. The number of amides is 1. The van der Waals surface area contributed by atoms with Crippen molar-refractivity contribution >= 4 is 5.91 Å². The first-order valence-corrected chi connectivity index (χ1v) is 15.9. The molecule has 2 aromatic rings. The van der Waals surface area contributed by atoms with Crippen molar-refractivity contribution in [2.24, 2.45) is 5.73 Å². The van der Waals surface area contributed by atoms with Gasteiger partial charge in [0.2, 0.25) is 0 Å². The predicted molar refractivity (Wildman–Crippen MR) is 171 cm³/mol. The van der Waals surface area contributed by atoms with Crippen molar-refractivity contribution in [3.05, 3.63) is 95.3 Å². The van der Waals surface area contributed by atoms with E-state index in [1.54, 1.807) is 12.1 Å². The van der Waals surface area contributed by atoms with Gasteiger partial charge in [-0.25, -0.2) is 0 Å². The van der Waals surface area contributed by atoms with Crippen LogP contribution in [0.1, 0.15) is 43.2 Å². The fraction of sp³-hybridized carbons (Fsp3) is 0.514. The molecule has 0 aromatic heterocycles. The molecule has 2 aliphatic heterocycles. The minimum atomic E-state index is -4.94. The molecule has 13 heteroatoms. The summed E-state index contributed by atoms with van der Waals surface area (Å²) in [4.78, 5) is 17.6. The van der Waals surface area contributed by atoms with E-state index in [4.69, 9.17) is 10.5 Å². The first-order valence-electron chi connectivity index (χ1n) is 15.9. The van der Waals surface area contributed by atoms with Gasteiger partial charge in [0.05, 0.1) is 16.7 Å². The average molecular weight is 683 g/mol. The lowest BCUT2D eigenvalue weighted by Crippen LogP contribution is -2.56. The number of nitrogens with one attached hydrogen (secondary N) is 1. The minimum Gasteiger partial charge on any atom is -0.484 e. The second kappa shape index (κ2) is 15.0. The Morgan fingerprint density at radius 1 is 0.875 bits per heavy atom. The fourth-order valence-corrected chi connectivity index (χ4v) is 6.67. The molecule has 3 unspecified atom stereocenters. The molecular formula is C35H44F6N4O3. The molecule has 2 fully saturated rings. The maximum Gasteiger partial charge on any atom is 0.422 e. The number of benzene rings is 2. The van der Waals surface area contributed by atoms with Gasteiger partial charge >= 0.3 is 12.4 Å². The van der Waals surface area contributed by atoms with Crippen molar-refractivity contribution in [1.29, 1.82) is 0 Å². The van der Waals surface area contributed by atoms with Gasteiger partial charge < -0.3 is 30.3 Å². The van der Waals surface area contributed by atoms with Crippen LogP contribution in [0.2, 0.25) is 0 Å². The zero-order valence-electron chi connectivity index (χ0n) is 27.5. The second-order valence-electron chi connectivity index (χ2n) is 12.9. The molecule has 2 heterocycles. The van der Waals surface area contributed by atoms with Crippen LogP contribution >= 0.6 is 0 Å². The van der Waals surface area contributed by atoms with Gasteiger partial charge in [-0.05, 0) is 70.1 Å². The maximum absolute atomic E-state index is 13.7. The SMILES string of the molecule is CN1CCCC(N)(c2ccccc2)C1.COC1(C(F)(F)F)C=C(OCC(F)(F)F)C(C(=O)NC2(c3ccccc3)CCCN(C)C2)=CC1. The van der Waals surface area contributed by atoms with Crippen LogP contribution in [0.3, 0.4) is 0 Å². The summed E-state index contributed by atoms with van der Waals surface area (Å²) in [6.45, 7) is 1.49. The Morgan fingerprint density at radius 2 is 1.44 bits per heavy atom. The number of likely N-dealkylation sites (tertiary alicyclic amines) is 2. The Kier molecular flexibility index (Phi) is 11.7. The molecule has 0 bridgehead atoms. The minimum absolute atomic E-state index is 0.131. The van der Waals surface area contributed by atoms with Crippen LogP contribution in [0, 0.1) is 0 Å². The standard InChI is InChI=1S/C23H26F6N2O3.C12H18N2/c1-31-12-6-10-20(14-31,16-7-4-3-5-8-16)30-19(32)17-9-11-21(33-2,23(27,28)29)13-18(17)34-15-22(24,25)26;1-14-9-5-8-12(13,10-14)11-6-3-2-4-7-11/h3-5,7-9,13H,6,10-12,14-15H2,1-2H3,(H,30,32);2-4,6-7H,5,8-10,13H2,1H3. The quantitative estimate of drug-likeness (QED) is 0.348. The zero-order valence-corrected chi connectivity index (χ0v) is 27.5. The number of hydrogen-bond donors (Lipinski definition) is 2. The molecule has 3 N–H and O–H groups in total. The number of methoxy groups -OCH3 is 1. The average Bonchev–Trinajstić information content (AvgIpc) is 3.04. The number of rotatable bonds is 7. The third-order valence-corrected chi connectivity index (χ3v) is 9.15. The summed E-state index contributed by atoms with van der Waals surface area (Å²) in [5.74, 6) is -1.65. The molecule has 5 rings (SSSR count). The maximum atomic E-state index is 13.7. The largest absolute Gasteiger partial charge is 0.484 e. The number of nitrogens with two attached hydrogens (primary N) is 1. The third-order valence-electron chi connectivity index (χ3n) is 9.15. The van der Waals surface area contributed by atoms with Crippen LogP contribution < -0.4 is 11.1 Å². The molecule has 1 aliphatic carbocycles. The molecule has 3 aliphatic rings. The highest BCUT2D eigenvalue weighted by Gasteiger charge is 2.56. The van der Waals surface area contributed by atoms with Crippen molar-refractivity contribution in [2.45, 2.75) is 61.1 Å². The summed E-state index contributed by atoms with van der Waals surface area (Å²) in [5, 5.41) is 2.89. The van der Waals surface area contributed by atoms with E-state index >= 15 is 0 Å². The Bertz CT molecular complexity index is 1440. The van der Waals surface area contributed by atoms with Crippen LogP contribution in [0.4, 0.5) is 26.3 Å². The van der Waals surface area contributed by atoms with E-state index in [0.717, 1.165) is 44.7 Å². The van der Waals surface area contributed by atoms with Crippen molar-refractivity contribution in [1.82, 2.24) is 15.1 Å². The molecule has 1 amide bonds. The van der Waals surface area contributed by atoms with E-state index < -0.39 is 53.8 Å². The van der Waals surface area contributed by atoms with E-state index in [1.165, 1.54) is 18.5 Å². The number of carbonyl (C=O) groups excluding carboxylic acids is 1. The molecule has 3 atom stereocenters. The van der Waals surface area contributed by atoms with Crippen LogP contribution in [0.5, 0.6) is 0 Å². The number of nitrogens with zero attached hydrogens (tertiary/aromatic N) is 2. The topological polar surface area (TPSA) is 80.1 Å². The van der Waals surface area contributed by atoms with Crippen LogP contribution in [-0.4, -0.2) is 87.7 Å². The molecule has 48 heavy (non-hydrogen) atoms. The molecule has 0 radical (unpaired) electrons. The second-order valence-corrected chi connectivity index (χ2v) is 12.9. The normalized spacial score (nSPS) is 27.2. The van der Waals surface area contributed by atoms with E-state index in [-0.39, 0.29) is 5.54 Å². The number of likely N-dealkylation sites (N-methyl/N-ethyl adjacent to an activating group) is 2. The van der Waals surface area contributed by atoms with Crippen molar-refractivity contribution < 1.29 is 40.6 Å². The summed E-state index contributed by atoms with van der Waals surface area (Å²) in [5.41, 5.74) is 4.18. The highest BCUT2D eigenvalue weighted by molar-refractivity contribution is 5.98. The Hall–Kier alpha value is -3.39. The van der Waals surface area contributed by atoms with Gasteiger partial charge in [-0.1, -0.05) is 66.7 Å². The summed E-state index contributed by atoms with van der Waals surface area (Å²) < 4.78 is 88.8. The number of halogens is 6. The Labute approximate surface area is 277 Å². The molecule has 0 spiro atoms. The van der Waals surface area contributed by atoms with Gasteiger partial charge in [-0.3, -0.25) is 4.79 Å². The number of piperidine rings is 2. The van der Waals surface area contributed by atoms with Gasteiger partial charge in [0, 0.05) is 26.6 Å². The summed E-state index contributed by atoms with van der Waals surface area (Å²) in [6, 6.07) is 19.5. The molecule has 7 nitrogen and oxygen atoms in total. The van der Waals surface area contributed by atoms with Crippen LogP contribution in [0.15, 0.2) is 84.1 Å².